The zero-order valence-corrected chi connectivity index (χ0v) is 14.2. The number of carbonyl (C=O) groups is 1. The standard InChI is InChI=1S/C14H19ClN2O2S.ClH/c1-20-12-3-2-10(8-11(12)15)17-13(18)14(9-16)4-6-19-7-5-14;/h2-3,8H,4-7,9,16H2,1H3,(H,17,18);1H. The van der Waals surface area contributed by atoms with Gasteiger partial charge >= 0.3 is 0 Å². The largest absolute Gasteiger partial charge is 0.381 e. The molecule has 0 aromatic heterocycles. The topological polar surface area (TPSA) is 64.4 Å². The van der Waals surface area contributed by atoms with E-state index in [1.807, 2.05) is 18.4 Å². The van der Waals surface area contributed by atoms with Gasteiger partial charge < -0.3 is 15.8 Å². The number of hydrogen-bond acceptors (Lipinski definition) is 4. The van der Waals surface area contributed by atoms with Crippen LogP contribution in [-0.2, 0) is 9.53 Å². The lowest BCUT2D eigenvalue weighted by Crippen LogP contribution is -2.46. The molecule has 0 atom stereocenters. The molecule has 1 aliphatic heterocycles. The second-order valence-corrected chi connectivity index (χ2v) is 6.16. The van der Waals surface area contributed by atoms with E-state index in [1.165, 1.54) is 0 Å². The summed E-state index contributed by atoms with van der Waals surface area (Å²) in [6.45, 7) is 1.49. The Morgan fingerprint density at radius 1 is 1.48 bits per heavy atom. The third kappa shape index (κ3) is 4.27. The molecule has 0 bridgehead atoms. The van der Waals surface area contributed by atoms with Crippen LogP contribution >= 0.6 is 35.8 Å². The van der Waals surface area contributed by atoms with E-state index in [1.54, 1.807) is 17.8 Å². The maximum Gasteiger partial charge on any atom is 0.232 e. The van der Waals surface area contributed by atoms with Crippen molar-refractivity contribution in [3.8, 4) is 0 Å². The highest BCUT2D eigenvalue weighted by atomic mass is 35.5. The van der Waals surface area contributed by atoms with E-state index in [2.05, 4.69) is 5.32 Å². The Morgan fingerprint density at radius 3 is 2.67 bits per heavy atom. The summed E-state index contributed by atoms with van der Waals surface area (Å²) in [7, 11) is 0. The Hall–Kier alpha value is -0.460. The van der Waals surface area contributed by atoms with Crippen LogP contribution in [0.25, 0.3) is 0 Å². The predicted molar refractivity (Wildman–Crippen MR) is 90.7 cm³/mol. The third-order valence-electron chi connectivity index (χ3n) is 3.73. The SMILES string of the molecule is CSc1ccc(NC(=O)C2(CN)CCOCC2)cc1Cl.Cl. The summed E-state index contributed by atoms with van der Waals surface area (Å²) in [5.74, 6) is -0.0451. The van der Waals surface area contributed by atoms with Crippen LogP contribution < -0.4 is 11.1 Å². The molecular formula is C14H20Cl2N2O2S. The number of hydrogen-bond donors (Lipinski definition) is 2. The number of amides is 1. The van der Waals surface area contributed by atoms with Gasteiger partial charge in [-0.3, -0.25) is 4.79 Å². The van der Waals surface area contributed by atoms with Crippen molar-refractivity contribution in [2.45, 2.75) is 17.7 Å². The molecule has 1 saturated heterocycles. The molecular weight excluding hydrogens is 331 g/mol. The van der Waals surface area contributed by atoms with E-state index < -0.39 is 5.41 Å². The molecule has 2 rings (SSSR count). The molecule has 1 fully saturated rings. The number of benzene rings is 1. The molecule has 1 aromatic rings. The molecule has 0 saturated carbocycles. The van der Waals surface area contributed by atoms with Gasteiger partial charge in [0, 0.05) is 30.3 Å². The molecule has 0 aliphatic carbocycles. The van der Waals surface area contributed by atoms with Gasteiger partial charge in [-0.05, 0) is 37.3 Å². The fourth-order valence-corrected chi connectivity index (χ4v) is 3.16. The minimum Gasteiger partial charge on any atom is -0.381 e. The van der Waals surface area contributed by atoms with E-state index in [4.69, 9.17) is 22.1 Å². The van der Waals surface area contributed by atoms with Crippen molar-refractivity contribution in [1.82, 2.24) is 0 Å². The molecule has 4 nitrogen and oxygen atoms in total. The summed E-state index contributed by atoms with van der Waals surface area (Å²) >= 11 is 7.72. The first kappa shape index (κ1) is 18.6. The molecule has 3 N–H and O–H groups in total. The number of ether oxygens (including phenoxy) is 1. The predicted octanol–water partition coefficient (Wildman–Crippen LogP) is 3.18. The summed E-state index contributed by atoms with van der Waals surface area (Å²) < 4.78 is 5.32. The molecule has 1 aromatic carbocycles. The number of nitrogens with two attached hydrogens (primary N) is 1. The van der Waals surface area contributed by atoms with Crippen molar-refractivity contribution < 1.29 is 9.53 Å². The van der Waals surface area contributed by atoms with Gasteiger partial charge in [-0.1, -0.05) is 11.6 Å². The number of halogens is 2. The van der Waals surface area contributed by atoms with E-state index in [0.29, 0.717) is 43.3 Å². The fourth-order valence-electron chi connectivity index (χ4n) is 2.29. The summed E-state index contributed by atoms with van der Waals surface area (Å²) in [5.41, 5.74) is 6.00. The zero-order chi connectivity index (χ0) is 14.6. The van der Waals surface area contributed by atoms with Gasteiger partial charge in [-0.15, -0.1) is 24.2 Å². The quantitative estimate of drug-likeness (QED) is 0.818. The Balaban J connectivity index is 0.00000220. The van der Waals surface area contributed by atoms with Crippen molar-refractivity contribution in [2.75, 3.05) is 31.3 Å². The van der Waals surface area contributed by atoms with E-state index in [9.17, 15) is 4.79 Å². The second kappa shape index (κ2) is 8.25. The van der Waals surface area contributed by atoms with Crippen LogP contribution in [0.15, 0.2) is 23.1 Å². The monoisotopic (exact) mass is 350 g/mol. The van der Waals surface area contributed by atoms with Crippen molar-refractivity contribution >= 4 is 47.4 Å². The lowest BCUT2D eigenvalue weighted by molar-refractivity contribution is -0.130. The molecule has 0 spiro atoms. The summed E-state index contributed by atoms with van der Waals surface area (Å²) in [6, 6.07) is 5.54. The van der Waals surface area contributed by atoms with Gasteiger partial charge in [0.25, 0.3) is 0 Å². The average Bonchev–Trinajstić information content (AvgIpc) is 2.48. The maximum absolute atomic E-state index is 12.5. The normalized spacial score (nSPS) is 16.9. The Labute approximate surface area is 140 Å². The average molecular weight is 351 g/mol. The smallest absolute Gasteiger partial charge is 0.232 e. The van der Waals surface area contributed by atoms with E-state index in [-0.39, 0.29) is 18.3 Å². The molecule has 0 unspecified atom stereocenters. The van der Waals surface area contributed by atoms with Gasteiger partial charge in [0.15, 0.2) is 0 Å². The first-order valence-corrected chi connectivity index (χ1v) is 8.14. The number of thioether (sulfide) groups is 1. The van der Waals surface area contributed by atoms with Gasteiger partial charge in [0.1, 0.15) is 0 Å². The zero-order valence-electron chi connectivity index (χ0n) is 11.9. The van der Waals surface area contributed by atoms with Crippen LogP contribution in [0.4, 0.5) is 5.69 Å². The number of anilines is 1. The van der Waals surface area contributed by atoms with Crippen molar-refractivity contribution in [2.24, 2.45) is 11.1 Å². The number of rotatable bonds is 4. The van der Waals surface area contributed by atoms with Crippen LogP contribution in [0.3, 0.4) is 0 Å². The first-order chi connectivity index (χ1) is 9.61. The summed E-state index contributed by atoms with van der Waals surface area (Å²) in [6.07, 6.45) is 3.28. The van der Waals surface area contributed by atoms with E-state index in [0.717, 1.165) is 4.90 Å². The maximum atomic E-state index is 12.5. The Kier molecular flexibility index (Phi) is 7.30. The molecule has 0 radical (unpaired) electrons. The van der Waals surface area contributed by atoms with Crippen LogP contribution in [0.2, 0.25) is 5.02 Å². The Morgan fingerprint density at radius 2 is 2.14 bits per heavy atom. The number of nitrogens with one attached hydrogen (secondary N) is 1. The summed E-state index contributed by atoms with van der Waals surface area (Å²) in [4.78, 5) is 13.5. The lowest BCUT2D eigenvalue weighted by Gasteiger charge is -2.34. The van der Waals surface area contributed by atoms with Crippen LogP contribution in [0, 0.1) is 5.41 Å². The lowest BCUT2D eigenvalue weighted by atomic mass is 9.79. The molecule has 1 aliphatic rings. The van der Waals surface area contributed by atoms with Gasteiger partial charge in [-0.2, -0.15) is 0 Å². The molecule has 1 heterocycles. The second-order valence-electron chi connectivity index (χ2n) is 4.90. The van der Waals surface area contributed by atoms with Gasteiger partial charge in [0.2, 0.25) is 5.91 Å². The highest BCUT2D eigenvalue weighted by molar-refractivity contribution is 7.98. The fraction of sp³-hybridized carbons (Fsp3) is 0.500. The summed E-state index contributed by atoms with van der Waals surface area (Å²) in [5, 5.41) is 3.57. The first-order valence-electron chi connectivity index (χ1n) is 6.54. The number of carbonyl (C=O) groups excluding carboxylic acids is 1. The van der Waals surface area contributed by atoms with Crippen molar-refractivity contribution in [3.05, 3.63) is 23.2 Å². The van der Waals surface area contributed by atoms with Crippen LogP contribution in [0.5, 0.6) is 0 Å². The molecule has 21 heavy (non-hydrogen) atoms. The molecule has 118 valence electrons. The minimum absolute atomic E-state index is 0. The van der Waals surface area contributed by atoms with Crippen molar-refractivity contribution in [1.29, 1.82) is 0 Å². The third-order valence-corrected chi connectivity index (χ3v) is 4.95. The van der Waals surface area contributed by atoms with Crippen LogP contribution in [0.1, 0.15) is 12.8 Å². The van der Waals surface area contributed by atoms with Crippen LogP contribution in [-0.4, -0.2) is 31.9 Å². The van der Waals surface area contributed by atoms with Gasteiger partial charge in [-0.25, -0.2) is 0 Å². The highest BCUT2D eigenvalue weighted by Crippen LogP contribution is 2.32. The van der Waals surface area contributed by atoms with Crippen molar-refractivity contribution in [3.63, 3.8) is 0 Å². The molecule has 1 amide bonds. The molecule has 7 heteroatoms. The van der Waals surface area contributed by atoms with Gasteiger partial charge in [0.05, 0.1) is 10.4 Å². The van der Waals surface area contributed by atoms with E-state index >= 15 is 0 Å². The Bertz CT molecular complexity index is 494. The minimum atomic E-state index is -0.525. The highest BCUT2D eigenvalue weighted by Gasteiger charge is 2.38.